The predicted molar refractivity (Wildman–Crippen MR) is 87.7 cm³/mol. The summed E-state index contributed by atoms with van der Waals surface area (Å²) < 4.78 is 24.2. The van der Waals surface area contributed by atoms with E-state index in [4.69, 9.17) is 5.14 Å². The number of hydrogen-bond acceptors (Lipinski definition) is 4. The van der Waals surface area contributed by atoms with Gasteiger partial charge in [0.2, 0.25) is 0 Å². The number of rotatable bonds is 4. The van der Waals surface area contributed by atoms with Crippen LogP contribution in [0.25, 0.3) is 22.0 Å². The monoisotopic (exact) mass is 330 g/mol. The molecule has 4 N–H and O–H groups in total. The minimum atomic E-state index is -3.75. The SMILES string of the molecule is NS(=O)(=O)NCc1cccc(-c2n[nH]c(=O)c3ccccc23)c1. The van der Waals surface area contributed by atoms with Crippen LogP contribution in [0.15, 0.2) is 53.3 Å². The van der Waals surface area contributed by atoms with E-state index in [9.17, 15) is 13.2 Å². The quantitative estimate of drug-likeness (QED) is 0.658. The van der Waals surface area contributed by atoms with Crippen molar-refractivity contribution in [1.29, 1.82) is 0 Å². The summed E-state index contributed by atoms with van der Waals surface area (Å²) in [6.45, 7) is 0.0773. The lowest BCUT2D eigenvalue weighted by Gasteiger charge is -2.07. The van der Waals surface area contributed by atoms with Crippen molar-refractivity contribution in [2.75, 3.05) is 0 Å². The van der Waals surface area contributed by atoms with E-state index < -0.39 is 10.2 Å². The maximum absolute atomic E-state index is 11.8. The Morgan fingerprint density at radius 2 is 1.83 bits per heavy atom. The van der Waals surface area contributed by atoms with Crippen LogP contribution in [-0.2, 0) is 16.8 Å². The van der Waals surface area contributed by atoms with E-state index >= 15 is 0 Å². The summed E-state index contributed by atoms with van der Waals surface area (Å²) in [5.41, 5.74) is 1.87. The zero-order valence-corrected chi connectivity index (χ0v) is 12.8. The molecule has 118 valence electrons. The highest BCUT2D eigenvalue weighted by atomic mass is 32.2. The fourth-order valence-corrected chi connectivity index (χ4v) is 2.72. The lowest BCUT2D eigenvalue weighted by atomic mass is 10.0. The van der Waals surface area contributed by atoms with Gasteiger partial charge >= 0.3 is 0 Å². The Morgan fingerprint density at radius 1 is 1.09 bits per heavy atom. The first-order valence-electron chi connectivity index (χ1n) is 6.78. The number of benzene rings is 2. The zero-order valence-electron chi connectivity index (χ0n) is 12.0. The van der Waals surface area contributed by atoms with Crippen LogP contribution in [0.2, 0.25) is 0 Å². The predicted octanol–water partition coefficient (Wildman–Crippen LogP) is 0.883. The third kappa shape index (κ3) is 3.45. The Hall–Kier alpha value is -2.55. The van der Waals surface area contributed by atoms with E-state index in [0.29, 0.717) is 11.1 Å². The van der Waals surface area contributed by atoms with Crippen LogP contribution in [0, 0.1) is 0 Å². The molecule has 0 radical (unpaired) electrons. The largest absolute Gasteiger partial charge is 0.274 e. The Morgan fingerprint density at radius 3 is 2.57 bits per heavy atom. The van der Waals surface area contributed by atoms with Crippen LogP contribution >= 0.6 is 0 Å². The average Bonchev–Trinajstić information content (AvgIpc) is 2.53. The molecule has 23 heavy (non-hydrogen) atoms. The number of aromatic amines is 1. The summed E-state index contributed by atoms with van der Waals surface area (Å²) in [7, 11) is -3.75. The molecule has 0 atom stereocenters. The fraction of sp³-hybridized carbons (Fsp3) is 0.0667. The number of H-pyrrole nitrogens is 1. The molecule has 0 fully saturated rings. The molecule has 0 aliphatic heterocycles. The van der Waals surface area contributed by atoms with Gasteiger partial charge in [0.15, 0.2) is 0 Å². The summed E-state index contributed by atoms with van der Waals surface area (Å²) >= 11 is 0. The number of fused-ring (bicyclic) bond motifs is 1. The molecule has 8 heteroatoms. The molecule has 1 heterocycles. The van der Waals surface area contributed by atoms with Crippen molar-refractivity contribution in [2.24, 2.45) is 5.14 Å². The molecule has 3 aromatic rings. The first-order chi connectivity index (χ1) is 10.9. The van der Waals surface area contributed by atoms with Crippen LogP contribution in [0.5, 0.6) is 0 Å². The molecule has 0 aliphatic carbocycles. The Kier molecular flexibility index (Phi) is 3.95. The van der Waals surface area contributed by atoms with Gasteiger partial charge in [-0.15, -0.1) is 0 Å². The third-order valence-electron chi connectivity index (χ3n) is 3.37. The number of nitrogens with zero attached hydrogens (tertiary/aromatic N) is 1. The molecule has 3 rings (SSSR count). The van der Waals surface area contributed by atoms with Crippen molar-refractivity contribution < 1.29 is 8.42 Å². The summed E-state index contributed by atoms with van der Waals surface area (Å²) in [6, 6.07) is 14.4. The van der Waals surface area contributed by atoms with Crippen molar-refractivity contribution >= 4 is 21.0 Å². The molecule has 0 aliphatic rings. The maximum Gasteiger partial charge on any atom is 0.274 e. The van der Waals surface area contributed by atoms with Crippen LogP contribution in [-0.4, -0.2) is 18.6 Å². The molecule has 7 nitrogen and oxygen atoms in total. The van der Waals surface area contributed by atoms with Crippen molar-refractivity contribution in [2.45, 2.75) is 6.54 Å². The maximum atomic E-state index is 11.8. The molecule has 0 amide bonds. The normalized spacial score (nSPS) is 11.7. The van der Waals surface area contributed by atoms with Gasteiger partial charge in [0.05, 0.1) is 11.1 Å². The number of aromatic nitrogens is 2. The standard InChI is InChI=1S/C15H14N4O3S/c16-23(21,22)17-9-10-4-3-5-11(8-10)14-12-6-1-2-7-13(12)15(20)19-18-14/h1-8,17H,9H2,(H,19,20)(H2,16,21,22). The van der Waals surface area contributed by atoms with Gasteiger partial charge < -0.3 is 0 Å². The van der Waals surface area contributed by atoms with Crippen molar-refractivity contribution in [3.05, 3.63) is 64.4 Å². The lowest BCUT2D eigenvalue weighted by Crippen LogP contribution is -2.30. The second-order valence-electron chi connectivity index (χ2n) is 5.01. The summed E-state index contributed by atoms with van der Waals surface area (Å²) in [6.07, 6.45) is 0. The van der Waals surface area contributed by atoms with E-state index in [2.05, 4.69) is 14.9 Å². The van der Waals surface area contributed by atoms with Gasteiger partial charge in [-0.25, -0.2) is 10.2 Å². The zero-order chi connectivity index (χ0) is 16.4. The molecular weight excluding hydrogens is 316 g/mol. The topological polar surface area (TPSA) is 118 Å². The Labute approximate surface area is 132 Å². The Balaban J connectivity index is 2.06. The smallest absolute Gasteiger partial charge is 0.267 e. The number of hydrogen-bond donors (Lipinski definition) is 3. The van der Waals surface area contributed by atoms with Crippen molar-refractivity contribution in [3.63, 3.8) is 0 Å². The molecule has 0 saturated heterocycles. The van der Waals surface area contributed by atoms with Crippen LogP contribution in [0.4, 0.5) is 0 Å². The first kappa shape index (κ1) is 15.3. The second-order valence-corrected chi connectivity index (χ2v) is 6.39. The molecule has 0 saturated carbocycles. The van der Waals surface area contributed by atoms with Crippen LogP contribution in [0.3, 0.4) is 0 Å². The average molecular weight is 330 g/mol. The van der Waals surface area contributed by atoms with E-state index in [1.165, 1.54) is 0 Å². The van der Waals surface area contributed by atoms with Gasteiger partial charge in [-0.1, -0.05) is 36.4 Å². The third-order valence-corrected chi connectivity index (χ3v) is 3.92. The van der Waals surface area contributed by atoms with Crippen LogP contribution in [0.1, 0.15) is 5.56 Å². The summed E-state index contributed by atoms with van der Waals surface area (Å²) in [5, 5.41) is 12.8. The van der Waals surface area contributed by atoms with Gasteiger partial charge in [0.1, 0.15) is 0 Å². The lowest BCUT2D eigenvalue weighted by molar-refractivity contribution is 0.583. The molecule has 0 spiro atoms. The van der Waals surface area contributed by atoms with Gasteiger partial charge in [-0.3, -0.25) is 4.79 Å². The van der Waals surface area contributed by atoms with Gasteiger partial charge in [0, 0.05) is 17.5 Å². The Bertz CT molecular complexity index is 1030. The minimum absolute atomic E-state index is 0.0773. The summed E-state index contributed by atoms with van der Waals surface area (Å²) in [5.74, 6) is 0. The van der Waals surface area contributed by atoms with Crippen molar-refractivity contribution in [3.8, 4) is 11.3 Å². The molecule has 1 aromatic heterocycles. The van der Waals surface area contributed by atoms with Crippen LogP contribution < -0.4 is 15.4 Å². The fourth-order valence-electron chi connectivity index (χ4n) is 2.35. The van der Waals surface area contributed by atoms with E-state index in [1.54, 1.807) is 30.3 Å². The minimum Gasteiger partial charge on any atom is -0.267 e. The molecule has 0 unspecified atom stereocenters. The van der Waals surface area contributed by atoms with Crippen molar-refractivity contribution in [1.82, 2.24) is 14.9 Å². The van der Waals surface area contributed by atoms with E-state index in [1.807, 2.05) is 18.2 Å². The van der Waals surface area contributed by atoms with Gasteiger partial charge in [-0.2, -0.15) is 18.2 Å². The molecule has 2 aromatic carbocycles. The second kappa shape index (κ2) is 5.92. The first-order valence-corrected chi connectivity index (χ1v) is 8.33. The highest BCUT2D eigenvalue weighted by Gasteiger charge is 2.09. The molecular formula is C15H14N4O3S. The highest BCUT2D eigenvalue weighted by Crippen LogP contribution is 2.24. The highest BCUT2D eigenvalue weighted by molar-refractivity contribution is 7.87. The summed E-state index contributed by atoms with van der Waals surface area (Å²) in [4.78, 5) is 11.8. The number of nitrogens with one attached hydrogen (secondary N) is 2. The number of nitrogens with two attached hydrogens (primary N) is 1. The van der Waals surface area contributed by atoms with E-state index in [-0.39, 0.29) is 12.1 Å². The molecule has 0 bridgehead atoms. The van der Waals surface area contributed by atoms with Gasteiger partial charge in [-0.05, 0) is 17.7 Å². The van der Waals surface area contributed by atoms with Gasteiger partial charge in [0.25, 0.3) is 15.8 Å². The van der Waals surface area contributed by atoms with E-state index in [0.717, 1.165) is 16.5 Å².